The molecular formula is C21H21ClFN3O3. The van der Waals surface area contributed by atoms with Crippen molar-refractivity contribution >= 4 is 23.4 Å². The molecule has 0 fully saturated rings. The highest BCUT2D eigenvalue weighted by Gasteiger charge is 2.23. The van der Waals surface area contributed by atoms with Gasteiger partial charge in [0.15, 0.2) is 6.61 Å². The Bertz CT molecular complexity index is 1130. The molecule has 0 spiro atoms. The zero-order chi connectivity index (χ0) is 21.5. The van der Waals surface area contributed by atoms with Crippen molar-refractivity contribution in [2.24, 2.45) is 7.05 Å². The summed E-state index contributed by atoms with van der Waals surface area (Å²) in [5.41, 5.74) is 3.55. The summed E-state index contributed by atoms with van der Waals surface area (Å²) in [5, 5.41) is 4.21. The first-order valence-corrected chi connectivity index (χ1v) is 9.34. The normalized spacial score (nSPS) is 11.0. The van der Waals surface area contributed by atoms with Gasteiger partial charge in [-0.1, -0.05) is 17.7 Å². The minimum Gasteiger partial charge on any atom is -0.454 e. The lowest BCUT2D eigenvalue weighted by atomic mass is 10.1. The van der Waals surface area contributed by atoms with E-state index in [0.29, 0.717) is 28.2 Å². The molecule has 6 nitrogen and oxygen atoms in total. The van der Waals surface area contributed by atoms with E-state index in [1.807, 2.05) is 6.92 Å². The van der Waals surface area contributed by atoms with Gasteiger partial charge in [-0.3, -0.25) is 9.48 Å². The van der Waals surface area contributed by atoms with E-state index in [9.17, 15) is 14.0 Å². The molecular weight excluding hydrogens is 397 g/mol. The first kappa shape index (κ1) is 20.8. The van der Waals surface area contributed by atoms with Gasteiger partial charge in [0.1, 0.15) is 16.5 Å². The summed E-state index contributed by atoms with van der Waals surface area (Å²) in [5.74, 6) is -1.38. The van der Waals surface area contributed by atoms with Crippen LogP contribution in [0.1, 0.15) is 43.4 Å². The van der Waals surface area contributed by atoms with Crippen molar-refractivity contribution in [1.29, 1.82) is 0 Å². The number of rotatable bonds is 5. The highest BCUT2D eigenvalue weighted by Crippen LogP contribution is 2.24. The van der Waals surface area contributed by atoms with Gasteiger partial charge in [-0.25, -0.2) is 9.18 Å². The van der Waals surface area contributed by atoms with Crippen molar-refractivity contribution in [3.8, 4) is 5.69 Å². The number of hydrogen-bond donors (Lipinski definition) is 0. The fourth-order valence-electron chi connectivity index (χ4n) is 3.31. The van der Waals surface area contributed by atoms with E-state index in [1.54, 1.807) is 50.6 Å². The van der Waals surface area contributed by atoms with E-state index in [1.165, 1.54) is 10.7 Å². The number of nitrogens with zero attached hydrogens (tertiary/aromatic N) is 3. The fourth-order valence-corrected chi connectivity index (χ4v) is 3.56. The maximum atomic E-state index is 14.0. The molecule has 0 saturated carbocycles. The van der Waals surface area contributed by atoms with Gasteiger partial charge < -0.3 is 9.30 Å². The molecule has 2 aromatic heterocycles. The Labute approximate surface area is 172 Å². The number of Topliss-reactive ketones (excluding diaryl/α,β-unsaturated/α-hetero) is 1. The maximum absolute atomic E-state index is 14.0. The summed E-state index contributed by atoms with van der Waals surface area (Å²) in [7, 11) is 1.61. The van der Waals surface area contributed by atoms with Gasteiger partial charge >= 0.3 is 5.97 Å². The van der Waals surface area contributed by atoms with E-state index in [2.05, 4.69) is 5.10 Å². The molecule has 0 aliphatic rings. The van der Waals surface area contributed by atoms with Crippen LogP contribution in [0.3, 0.4) is 0 Å². The Kier molecular flexibility index (Phi) is 5.61. The van der Waals surface area contributed by atoms with Gasteiger partial charge in [0.05, 0.1) is 5.69 Å². The minimum absolute atomic E-state index is 0.141. The summed E-state index contributed by atoms with van der Waals surface area (Å²) in [6.45, 7) is 6.48. The van der Waals surface area contributed by atoms with Crippen LogP contribution < -0.4 is 0 Å². The third-order valence-corrected chi connectivity index (χ3v) is 5.27. The number of carbonyl (C=O) groups is 2. The van der Waals surface area contributed by atoms with Gasteiger partial charge in [0.25, 0.3) is 0 Å². The molecule has 8 heteroatoms. The standard InChI is InChI=1S/C21H21ClFN3O3/c1-11-6-7-15(9-17(11)23)26-12(2)8-16(14(26)4)18(27)10-29-21(28)19-13(3)24-25(5)20(19)22/h6-9H,10H2,1-5H3. The Morgan fingerprint density at radius 1 is 1.17 bits per heavy atom. The number of benzene rings is 1. The van der Waals surface area contributed by atoms with Crippen LogP contribution in [0.15, 0.2) is 24.3 Å². The second kappa shape index (κ2) is 7.83. The molecule has 0 aliphatic heterocycles. The van der Waals surface area contributed by atoms with Crippen molar-refractivity contribution in [2.75, 3.05) is 6.61 Å². The molecule has 0 aliphatic carbocycles. The van der Waals surface area contributed by atoms with E-state index in [-0.39, 0.29) is 22.3 Å². The van der Waals surface area contributed by atoms with E-state index in [0.717, 1.165) is 5.69 Å². The van der Waals surface area contributed by atoms with Gasteiger partial charge in [-0.05, 0) is 51.5 Å². The highest BCUT2D eigenvalue weighted by molar-refractivity contribution is 6.32. The largest absolute Gasteiger partial charge is 0.454 e. The smallest absolute Gasteiger partial charge is 0.343 e. The SMILES string of the molecule is Cc1ccc(-n2c(C)cc(C(=O)COC(=O)c3c(C)nn(C)c3Cl)c2C)cc1F. The lowest BCUT2D eigenvalue weighted by Gasteiger charge is -2.11. The van der Waals surface area contributed by atoms with E-state index >= 15 is 0 Å². The minimum atomic E-state index is -0.705. The average Bonchev–Trinajstić information content (AvgIpc) is 3.09. The molecule has 0 unspecified atom stereocenters. The Hall–Kier alpha value is -2.93. The third kappa shape index (κ3) is 3.82. The fraction of sp³-hybridized carbons (Fsp3) is 0.286. The summed E-state index contributed by atoms with van der Waals surface area (Å²) < 4.78 is 22.3. The second-order valence-corrected chi connectivity index (χ2v) is 7.29. The molecule has 0 amide bonds. The van der Waals surface area contributed by atoms with Crippen LogP contribution >= 0.6 is 11.6 Å². The number of carbonyl (C=O) groups excluding carboxylic acids is 2. The molecule has 152 valence electrons. The molecule has 0 radical (unpaired) electrons. The summed E-state index contributed by atoms with van der Waals surface area (Å²) in [4.78, 5) is 25.0. The predicted molar refractivity (Wildman–Crippen MR) is 108 cm³/mol. The average molecular weight is 418 g/mol. The van der Waals surface area contributed by atoms with Crippen molar-refractivity contribution in [3.05, 3.63) is 69.0 Å². The maximum Gasteiger partial charge on any atom is 0.343 e. The number of ether oxygens (including phenoxy) is 1. The first-order chi connectivity index (χ1) is 13.6. The quantitative estimate of drug-likeness (QED) is 0.459. The van der Waals surface area contributed by atoms with Crippen LogP contribution in [0, 0.1) is 33.5 Å². The first-order valence-electron chi connectivity index (χ1n) is 8.96. The third-order valence-electron chi connectivity index (χ3n) is 4.84. The predicted octanol–water partition coefficient (Wildman–Crippen LogP) is 4.28. The van der Waals surface area contributed by atoms with E-state index < -0.39 is 12.6 Å². The number of aryl methyl sites for hydroxylation is 4. The Balaban J connectivity index is 1.81. The Morgan fingerprint density at radius 3 is 2.45 bits per heavy atom. The number of halogens is 2. The zero-order valence-electron chi connectivity index (χ0n) is 16.8. The Morgan fingerprint density at radius 2 is 1.86 bits per heavy atom. The van der Waals surface area contributed by atoms with Crippen molar-refractivity contribution < 1.29 is 18.7 Å². The van der Waals surface area contributed by atoms with E-state index in [4.69, 9.17) is 16.3 Å². The highest BCUT2D eigenvalue weighted by atomic mass is 35.5. The molecule has 3 aromatic rings. The molecule has 2 heterocycles. The van der Waals surface area contributed by atoms with Gasteiger partial charge in [0.2, 0.25) is 5.78 Å². The number of ketones is 1. The van der Waals surface area contributed by atoms with Crippen molar-refractivity contribution in [1.82, 2.24) is 14.3 Å². The lowest BCUT2D eigenvalue weighted by molar-refractivity contribution is 0.0474. The number of esters is 1. The van der Waals surface area contributed by atoms with Crippen LogP contribution in [-0.2, 0) is 11.8 Å². The van der Waals surface area contributed by atoms with Gasteiger partial charge in [-0.2, -0.15) is 5.10 Å². The summed E-state index contributed by atoms with van der Waals surface area (Å²) >= 11 is 6.06. The molecule has 29 heavy (non-hydrogen) atoms. The number of hydrogen-bond acceptors (Lipinski definition) is 4. The van der Waals surface area contributed by atoms with Crippen molar-refractivity contribution in [2.45, 2.75) is 27.7 Å². The molecule has 1 aromatic carbocycles. The van der Waals surface area contributed by atoms with Crippen LogP contribution in [0.25, 0.3) is 5.69 Å². The molecule has 0 N–H and O–H groups in total. The second-order valence-electron chi connectivity index (χ2n) is 6.93. The molecule has 3 rings (SSSR count). The number of aromatic nitrogens is 3. The lowest BCUT2D eigenvalue weighted by Crippen LogP contribution is -2.15. The topological polar surface area (TPSA) is 66.1 Å². The van der Waals surface area contributed by atoms with Gasteiger partial charge in [0, 0.05) is 29.7 Å². The summed E-state index contributed by atoms with van der Waals surface area (Å²) in [6.07, 6.45) is 0. The summed E-state index contributed by atoms with van der Waals surface area (Å²) in [6, 6.07) is 6.61. The molecule has 0 atom stereocenters. The van der Waals surface area contributed by atoms with Crippen LogP contribution in [0.4, 0.5) is 4.39 Å². The van der Waals surface area contributed by atoms with Gasteiger partial charge in [-0.15, -0.1) is 0 Å². The monoisotopic (exact) mass is 417 g/mol. The van der Waals surface area contributed by atoms with Crippen molar-refractivity contribution in [3.63, 3.8) is 0 Å². The zero-order valence-corrected chi connectivity index (χ0v) is 17.6. The van der Waals surface area contributed by atoms with Crippen LogP contribution in [-0.4, -0.2) is 32.7 Å². The van der Waals surface area contributed by atoms with Crippen LogP contribution in [0.5, 0.6) is 0 Å². The molecule has 0 saturated heterocycles. The molecule has 0 bridgehead atoms. The van der Waals surface area contributed by atoms with Crippen LogP contribution in [0.2, 0.25) is 5.15 Å².